The van der Waals surface area contributed by atoms with Gasteiger partial charge in [0.15, 0.2) is 0 Å². The van der Waals surface area contributed by atoms with Crippen LogP contribution in [-0.2, 0) is 11.2 Å². The van der Waals surface area contributed by atoms with E-state index in [0.717, 1.165) is 32.7 Å². The highest BCUT2D eigenvalue weighted by atomic mass is 16.5. The topological polar surface area (TPSA) is 24.5 Å². The van der Waals surface area contributed by atoms with Crippen molar-refractivity contribution in [3.63, 3.8) is 0 Å². The molecule has 1 aromatic rings. The first-order chi connectivity index (χ1) is 9.31. The van der Waals surface area contributed by atoms with E-state index in [4.69, 9.17) is 4.74 Å². The van der Waals surface area contributed by atoms with Crippen molar-refractivity contribution in [3.05, 3.63) is 35.4 Å². The van der Waals surface area contributed by atoms with Gasteiger partial charge in [0.25, 0.3) is 0 Å². The van der Waals surface area contributed by atoms with Gasteiger partial charge in [0, 0.05) is 13.1 Å². The Hall–Kier alpha value is -0.900. The Labute approximate surface area is 116 Å². The first-order valence-electron chi connectivity index (χ1n) is 7.39. The van der Waals surface area contributed by atoms with E-state index in [0.29, 0.717) is 6.04 Å². The number of aryl methyl sites for hydroxylation is 1. The van der Waals surface area contributed by atoms with Gasteiger partial charge in [-0.15, -0.1) is 0 Å². The molecule has 0 amide bonds. The Bertz CT molecular complexity index is 392. The van der Waals surface area contributed by atoms with Gasteiger partial charge in [0.05, 0.1) is 18.8 Å². The van der Waals surface area contributed by atoms with Crippen LogP contribution < -0.4 is 5.32 Å². The van der Waals surface area contributed by atoms with Crippen LogP contribution in [0.3, 0.4) is 0 Å². The summed E-state index contributed by atoms with van der Waals surface area (Å²) in [7, 11) is 2.00. The van der Waals surface area contributed by atoms with Gasteiger partial charge < -0.3 is 10.1 Å². The molecule has 1 aliphatic heterocycles. The Morgan fingerprint density at radius 1 is 1.32 bits per heavy atom. The van der Waals surface area contributed by atoms with Gasteiger partial charge >= 0.3 is 0 Å². The number of benzene rings is 1. The van der Waals surface area contributed by atoms with E-state index in [9.17, 15) is 0 Å². The minimum atomic E-state index is 0.242. The number of rotatable bonds is 5. The molecule has 3 heteroatoms. The molecule has 0 radical (unpaired) electrons. The predicted molar refractivity (Wildman–Crippen MR) is 79.5 cm³/mol. The molecular weight excluding hydrogens is 236 g/mol. The molecule has 3 nitrogen and oxygen atoms in total. The number of hydrogen-bond acceptors (Lipinski definition) is 3. The summed E-state index contributed by atoms with van der Waals surface area (Å²) in [6, 6.07) is 9.17. The highest BCUT2D eigenvalue weighted by molar-refractivity contribution is 5.31. The Morgan fingerprint density at radius 2 is 2.11 bits per heavy atom. The molecule has 2 rings (SSSR count). The van der Waals surface area contributed by atoms with Crippen molar-refractivity contribution < 1.29 is 4.74 Å². The second-order valence-electron chi connectivity index (χ2n) is 5.09. The molecule has 0 spiro atoms. The average Bonchev–Trinajstić information content (AvgIpc) is 2.47. The van der Waals surface area contributed by atoms with Crippen molar-refractivity contribution in [1.82, 2.24) is 10.2 Å². The SMILES string of the molecule is CCc1ccccc1C1C(CNC)OCCN1CC. The Balaban J connectivity index is 2.33. The fourth-order valence-electron chi connectivity index (χ4n) is 3.05. The van der Waals surface area contributed by atoms with Crippen LogP contribution in [0.2, 0.25) is 0 Å². The van der Waals surface area contributed by atoms with Crippen molar-refractivity contribution in [2.45, 2.75) is 32.4 Å². The summed E-state index contributed by atoms with van der Waals surface area (Å²) in [5, 5.41) is 3.27. The van der Waals surface area contributed by atoms with E-state index >= 15 is 0 Å². The molecule has 0 aliphatic carbocycles. The van der Waals surface area contributed by atoms with Gasteiger partial charge in [-0.1, -0.05) is 38.1 Å². The largest absolute Gasteiger partial charge is 0.374 e. The zero-order valence-electron chi connectivity index (χ0n) is 12.4. The maximum atomic E-state index is 6.01. The highest BCUT2D eigenvalue weighted by Crippen LogP contribution is 2.31. The first-order valence-corrected chi connectivity index (χ1v) is 7.39. The predicted octanol–water partition coefficient (Wildman–Crippen LogP) is 2.23. The fraction of sp³-hybridized carbons (Fsp3) is 0.625. The average molecular weight is 262 g/mol. The Morgan fingerprint density at radius 3 is 2.79 bits per heavy atom. The second-order valence-corrected chi connectivity index (χ2v) is 5.09. The lowest BCUT2D eigenvalue weighted by molar-refractivity contribution is -0.0689. The van der Waals surface area contributed by atoms with Gasteiger partial charge in [0.2, 0.25) is 0 Å². The summed E-state index contributed by atoms with van der Waals surface area (Å²) < 4.78 is 6.01. The second kappa shape index (κ2) is 7.04. The van der Waals surface area contributed by atoms with Crippen molar-refractivity contribution in [2.75, 3.05) is 33.3 Å². The number of nitrogens with zero attached hydrogens (tertiary/aromatic N) is 1. The third-order valence-electron chi connectivity index (χ3n) is 4.02. The fourth-order valence-corrected chi connectivity index (χ4v) is 3.05. The number of hydrogen-bond donors (Lipinski definition) is 1. The summed E-state index contributed by atoms with van der Waals surface area (Å²) in [6.07, 6.45) is 1.32. The minimum Gasteiger partial charge on any atom is -0.374 e. The molecule has 0 bridgehead atoms. The van der Waals surface area contributed by atoms with Crippen LogP contribution in [0.5, 0.6) is 0 Å². The van der Waals surface area contributed by atoms with E-state index < -0.39 is 0 Å². The van der Waals surface area contributed by atoms with Gasteiger partial charge in [-0.25, -0.2) is 0 Å². The smallest absolute Gasteiger partial charge is 0.0896 e. The normalized spacial score (nSPS) is 24.6. The van der Waals surface area contributed by atoms with E-state index in [1.54, 1.807) is 0 Å². The molecule has 2 unspecified atom stereocenters. The molecule has 0 aromatic heterocycles. The first kappa shape index (κ1) is 14.5. The van der Waals surface area contributed by atoms with E-state index in [-0.39, 0.29) is 6.10 Å². The molecular formula is C16H26N2O. The monoisotopic (exact) mass is 262 g/mol. The third kappa shape index (κ3) is 3.16. The maximum Gasteiger partial charge on any atom is 0.0896 e. The van der Waals surface area contributed by atoms with Crippen LogP contribution >= 0.6 is 0 Å². The Kier molecular flexibility index (Phi) is 5.37. The molecule has 0 saturated carbocycles. The lowest BCUT2D eigenvalue weighted by Crippen LogP contribution is -2.48. The molecule has 2 atom stereocenters. The highest BCUT2D eigenvalue weighted by Gasteiger charge is 2.33. The quantitative estimate of drug-likeness (QED) is 0.880. The third-order valence-corrected chi connectivity index (χ3v) is 4.02. The summed E-state index contributed by atoms with van der Waals surface area (Å²) in [5.41, 5.74) is 2.88. The molecule has 1 aromatic carbocycles. The summed E-state index contributed by atoms with van der Waals surface area (Å²) in [4.78, 5) is 2.54. The van der Waals surface area contributed by atoms with Gasteiger partial charge in [-0.3, -0.25) is 4.90 Å². The molecule has 1 fully saturated rings. The zero-order valence-corrected chi connectivity index (χ0v) is 12.4. The van der Waals surface area contributed by atoms with Gasteiger partial charge in [0.1, 0.15) is 0 Å². The van der Waals surface area contributed by atoms with E-state index in [2.05, 4.69) is 48.3 Å². The summed E-state index contributed by atoms with van der Waals surface area (Å²) >= 11 is 0. The summed E-state index contributed by atoms with van der Waals surface area (Å²) in [6.45, 7) is 8.31. The summed E-state index contributed by atoms with van der Waals surface area (Å²) in [5.74, 6) is 0. The van der Waals surface area contributed by atoms with Crippen LogP contribution in [0.15, 0.2) is 24.3 Å². The molecule has 1 heterocycles. The number of nitrogens with one attached hydrogen (secondary N) is 1. The molecule has 106 valence electrons. The number of likely N-dealkylation sites (N-methyl/N-ethyl adjacent to an activating group) is 2. The van der Waals surface area contributed by atoms with Gasteiger partial charge in [-0.2, -0.15) is 0 Å². The van der Waals surface area contributed by atoms with Crippen LogP contribution in [-0.4, -0.2) is 44.3 Å². The van der Waals surface area contributed by atoms with Gasteiger partial charge in [-0.05, 0) is 31.1 Å². The van der Waals surface area contributed by atoms with Crippen molar-refractivity contribution in [3.8, 4) is 0 Å². The van der Waals surface area contributed by atoms with Crippen LogP contribution in [0.25, 0.3) is 0 Å². The maximum absolute atomic E-state index is 6.01. The lowest BCUT2D eigenvalue weighted by atomic mass is 9.92. The van der Waals surface area contributed by atoms with Crippen LogP contribution in [0, 0.1) is 0 Å². The molecule has 1 aliphatic rings. The molecule has 1 N–H and O–H groups in total. The van der Waals surface area contributed by atoms with E-state index in [1.165, 1.54) is 11.1 Å². The van der Waals surface area contributed by atoms with Crippen molar-refractivity contribution in [1.29, 1.82) is 0 Å². The number of ether oxygens (including phenoxy) is 1. The molecule has 1 saturated heterocycles. The standard InChI is InChI=1S/C16H26N2O/c1-4-13-8-6-7-9-14(13)16-15(12-17-3)19-11-10-18(16)5-2/h6-9,15-17H,4-5,10-12H2,1-3H3. The number of morpholine rings is 1. The van der Waals surface area contributed by atoms with E-state index in [1.807, 2.05) is 7.05 Å². The lowest BCUT2D eigenvalue weighted by Gasteiger charge is -2.41. The van der Waals surface area contributed by atoms with Crippen LogP contribution in [0.1, 0.15) is 31.0 Å². The van der Waals surface area contributed by atoms with Crippen molar-refractivity contribution in [2.24, 2.45) is 0 Å². The van der Waals surface area contributed by atoms with Crippen LogP contribution in [0.4, 0.5) is 0 Å². The molecule has 19 heavy (non-hydrogen) atoms. The van der Waals surface area contributed by atoms with Crippen molar-refractivity contribution >= 4 is 0 Å². The zero-order chi connectivity index (χ0) is 13.7. The minimum absolute atomic E-state index is 0.242.